The minimum Gasteiger partial charge on any atom is -0.289 e. The molecular weight excluding hydrogens is 292 g/mol. The topological polar surface area (TPSA) is 17.1 Å². The van der Waals surface area contributed by atoms with Gasteiger partial charge in [-0.05, 0) is 47.1 Å². The summed E-state index contributed by atoms with van der Waals surface area (Å²) in [4.78, 5) is 13.2. The van der Waals surface area contributed by atoms with Gasteiger partial charge in [-0.1, -0.05) is 75.4 Å². The first-order valence-corrected chi connectivity index (χ1v) is 8.49. The minimum atomic E-state index is 0.0155. The maximum atomic E-state index is 13.2. The summed E-state index contributed by atoms with van der Waals surface area (Å²) >= 11 is 0. The maximum Gasteiger partial charge on any atom is 0.193 e. The summed E-state index contributed by atoms with van der Waals surface area (Å²) in [6.07, 6.45) is 5.21. The van der Waals surface area contributed by atoms with Crippen LogP contribution in [0.1, 0.15) is 61.2 Å². The fraction of sp³-hybridized carbons (Fsp3) is 0.261. The van der Waals surface area contributed by atoms with E-state index in [0.717, 1.165) is 23.1 Å². The molecule has 0 aliphatic heterocycles. The van der Waals surface area contributed by atoms with Crippen molar-refractivity contribution in [1.29, 1.82) is 0 Å². The van der Waals surface area contributed by atoms with Crippen LogP contribution in [0, 0.1) is 0 Å². The average molecular weight is 316 g/mol. The second-order valence-corrected chi connectivity index (χ2v) is 7.47. The smallest absolute Gasteiger partial charge is 0.193 e. The van der Waals surface area contributed by atoms with Crippen molar-refractivity contribution in [2.24, 2.45) is 0 Å². The van der Waals surface area contributed by atoms with Gasteiger partial charge < -0.3 is 0 Å². The third-order valence-corrected chi connectivity index (χ3v) is 4.66. The number of hydrogen-bond donors (Lipinski definition) is 0. The van der Waals surface area contributed by atoms with Gasteiger partial charge in [-0.15, -0.1) is 0 Å². The number of allylic oxidation sites excluding steroid dienone is 4. The van der Waals surface area contributed by atoms with Crippen LogP contribution < -0.4 is 0 Å². The summed E-state index contributed by atoms with van der Waals surface area (Å²) in [5.41, 5.74) is 6.34. The van der Waals surface area contributed by atoms with Crippen LogP contribution in [0.2, 0.25) is 0 Å². The zero-order chi connectivity index (χ0) is 17.3. The van der Waals surface area contributed by atoms with Gasteiger partial charge in [-0.3, -0.25) is 4.79 Å². The van der Waals surface area contributed by atoms with Crippen LogP contribution in [0.4, 0.5) is 0 Å². The monoisotopic (exact) mass is 316 g/mol. The lowest BCUT2D eigenvalue weighted by Gasteiger charge is -2.22. The number of rotatable bonds is 3. The molecular formula is C23H24O. The third-order valence-electron chi connectivity index (χ3n) is 4.66. The molecule has 0 saturated carbocycles. The molecule has 0 heterocycles. The molecule has 0 radical (unpaired) electrons. The summed E-state index contributed by atoms with van der Waals surface area (Å²) < 4.78 is 0. The van der Waals surface area contributed by atoms with E-state index in [1.807, 2.05) is 30.3 Å². The Hall–Kier alpha value is -2.41. The van der Waals surface area contributed by atoms with Gasteiger partial charge in [0.25, 0.3) is 0 Å². The van der Waals surface area contributed by atoms with Gasteiger partial charge in [-0.25, -0.2) is 0 Å². The molecule has 24 heavy (non-hydrogen) atoms. The van der Waals surface area contributed by atoms with Gasteiger partial charge in [0.05, 0.1) is 0 Å². The van der Waals surface area contributed by atoms with Crippen LogP contribution in [-0.4, -0.2) is 5.78 Å². The molecule has 0 bridgehead atoms. The fourth-order valence-corrected chi connectivity index (χ4v) is 3.14. The molecule has 1 nitrogen and oxygen atoms in total. The lowest BCUT2D eigenvalue weighted by atomic mass is 9.82. The van der Waals surface area contributed by atoms with Crippen LogP contribution >= 0.6 is 0 Å². The van der Waals surface area contributed by atoms with E-state index in [4.69, 9.17) is 0 Å². The molecule has 0 atom stereocenters. The average Bonchev–Trinajstić information content (AvgIpc) is 2.99. The van der Waals surface area contributed by atoms with Crippen molar-refractivity contribution >= 4 is 11.4 Å². The van der Waals surface area contributed by atoms with Crippen molar-refractivity contribution in [3.63, 3.8) is 0 Å². The minimum absolute atomic E-state index is 0.0155. The summed E-state index contributed by atoms with van der Waals surface area (Å²) in [5, 5.41) is 0. The predicted molar refractivity (Wildman–Crippen MR) is 101 cm³/mol. The lowest BCUT2D eigenvalue weighted by molar-refractivity contribution is 0.103. The molecule has 0 amide bonds. The van der Waals surface area contributed by atoms with E-state index in [-0.39, 0.29) is 11.2 Å². The Morgan fingerprint density at radius 2 is 1.71 bits per heavy atom. The van der Waals surface area contributed by atoms with Gasteiger partial charge >= 0.3 is 0 Å². The van der Waals surface area contributed by atoms with E-state index >= 15 is 0 Å². The van der Waals surface area contributed by atoms with Crippen molar-refractivity contribution in [2.45, 2.75) is 39.5 Å². The Morgan fingerprint density at radius 3 is 2.29 bits per heavy atom. The summed E-state index contributed by atoms with van der Waals surface area (Å²) in [5.74, 6) is 0.101. The highest BCUT2D eigenvalue weighted by atomic mass is 16.1. The van der Waals surface area contributed by atoms with Gasteiger partial charge in [0.15, 0.2) is 5.78 Å². The number of carbonyl (C=O) groups excluding carboxylic acids is 1. The Balaban J connectivity index is 2.17. The number of benzene rings is 2. The molecule has 0 spiro atoms. The summed E-state index contributed by atoms with van der Waals surface area (Å²) in [7, 11) is 0. The zero-order valence-corrected chi connectivity index (χ0v) is 14.9. The number of ketones is 1. The second kappa shape index (κ2) is 6.24. The van der Waals surface area contributed by atoms with Gasteiger partial charge in [0.2, 0.25) is 0 Å². The molecule has 0 saturated heterocycles. The van der Waals surface area contributed by atoms with Crippen molar-refractivity contribution in [3.8, 4) is 0 Å². The molecule has 122 valence electrons. The highest BCUT2D eigenvalue weighted by Gasteiger charge is 2.22. The molecule has 0 unspecified atom stereocenters. The maximum absolute atomic E-state index is 13.2. The van der Waals surface area contributed by atoms with Crippen LogP contribution in [0.25, 0.3) is 5.57 Å². The van der Waals surface area contributed by atoms with E-state index < -0.39 is 0 Å². The summed E-state index contributed by atoms with van der Waals surface area (Å²) in [6.45, 7) is 8.66. The van der Waals surface area contributed by atoms with Crippen molar-refractivity contribution < 1.29 is 4.79 Å². The first-order chi connectivity index (χ1) is 11.4. The Bertz CT molecular complexity index is 830. The Kier molecular flexibility index (Phi) is 4.28. The zero-order valence-electron chi connectivity index (χ0n) is 14.9. The number of carbonyl (C=O) groups is 1. The van der Waals surface area contributed by atoms with Crippen LogP contribution in [0.15, 0.2) is 66.3 Å². The predicted octanol–water partition coefficient (Wildman–Crippen LogP) is 5.95. The molecule has 0 N–H and O–H groups in total. The van der Waals surface area contributed by atoms with Crippen molar-refractivity contribution in [3.05, 3.63) is 88.5 Å². The van der Waals surface area contributed by atoms with Crippen LogP contribution in [0.5, 0.6) is 0 Å². The van der Waals surface area contributed by atoms with E-state index in [9.17, 15) is 4.79 Å². The van der Waals surface area contributed by atoms with Crippen molar-refractivity contribution in [2.75, 3.05) is 0 Å². The molecule has 1 aliphatic rings. The molecule has 3 rings (SSSR count). The number of hydrogen-bond acceptors (Lipinski definition) is 1. The van der Waals surface area contributed by atoms with E-state index in [2.05, 4.69) is 58.0 Å². The Labute approximate surface area is 144 Å². The SMILES string of the molecule is CC1=C(c2ccc(C(C)(C)C)cc2C(=O)c2ccccc2)CC=C1. The highest BCUT2D eigenvalue weighted by molar-refractivity contribution is 6.12. The summed E-state index contributed by atoms with van der Waals surface area (Å²) in [6, 6.07) is 15.9. The molecule has 0 aromatic heterocycles. The third kappa shape index (κ3) is 3.12. The van der Waals surface area contributed by atoms with Crippen LogP contribution in [0.3, 0.4) is 0 Å². The second-order valence-electron chi connectivity index (χ2n) is 7.47. The van der Waals surface area contributed by atoms with E-state index in [1.165, 1.54) is 16.7 Å². The van der Waals surface area contributed by atoms with E-state index in [0.29, 0.717) is 0 Å². The van der Waals surface area contributed by atoms with Gasteiger partial charge in [-0.2, -0.15) is 0 Å². The molecule has 1 heteroatoms. The van der Waals surface area contributed by atoms with Gasteiger partial charge in [0.1, 0.15) is 0 Å². The lowest BCUT2D eigenvalue weighted by Crippen LogP contribution is -2.14. The van der Waals surface area contributed by atoms with Crippen LogP contribution in [-0.2, 0) is 5.41 Å². The standard InChI is InChI=1S/C23H24O/c1-16-9-8-12-19(16)20-14-13-18(23(2,3)4)15-21(20)22(24)17-10-6-5-7-11-17/h5-11,13-15H,12H2,1-4H3. The molecule has 1 aliphatic carbocycles. The van der Waals surface area contributed by atoms with E-state index in [1.54, 1.807) is 0 Å². The molecule has 2 aromatic carbocycles. The largest absolute Gasteiger partial charge is 0.289 e. The molecule has 0 fully saturated rings. The highest BCUT2D eigenvalue weighted by Crippen LogP contribution is 2.34. The first-order valence-electron chi connectivity index (χ1n) is 8.49. The molecule has 2 aromatic rings. The fourth-order valence-electron chi connectivity index (χ4n) is 3.14. The quantitative estimate of drug-likeness (QED) is 0.640. The first kappa shape index (κ1) is 16.4. The van der Waals surface area contributed by atoms with Crippen molar-refractivity contribution in [1.82, 2.24) is 0 Å². The normalized spacial score (nSPS) is 14.3. The Morgan fingerprint density at radius 1 is 1.00 bits per heavy atom. The van der Waals surface area contributed by atoms with Gasteiger partial charge in [0, 0.05) is 11.1 Å².